The molecule has 100 valence electrons. The molecule has 4 nitrogen and oxygen atoms in total. The van der Waals surface area contributed by atoms with Crippen LogP contribution in [0.25, 0.3) is 0 Å². The molecule has 0 heterocycles. The minimum atomic E-state index is -0.525. The summed E-state index contributed by atoms with van der Waals surface area (Å²) in [6, 6.07) is 7.24. The van der Waals surface area contributed by atoms with Gasteiger partial charge < -0.3 is 16.2 Å². The number of hydrogen-bond donors (Lipinski definition) is 3. The van der Waals surface area contributed by atoms with E-state index in [9.17, 15) is 9.90 Å². The van der Waals surface area contributed by atoms with Gasteiger partial charge >= 0.3 is 0 Å². The number of carbonyl (C=O) groups excluding carboxylic acids is 1. The number of anilines is 1. The lowest BCUT2D eigenvalue weighted by molar-refractivity contribution is -0.125. The Morgan fingerprint density at radius 2 is 1.94 bits per heavy atom. The summed E-state index contributed by atoms with van der Waals surface area (Å²) in [5.41, 5.74) is 6.59. The van der Waals surface area contributed by atoms with Crippen molar-refractivity contribution in [1.82, 2.24) is 0 Å². The number of hydrogen-bond acceptors (Lipinski definition) is 3. The van der Waals surface area contributed by atoms with Crippen molar-refractivity contribution in [3.05, 3.63) is 29.8 Å². The van der Waals surface area contributed by atoms with Gasteiger partial charge in [0.1, 0.15) is 0 Å². The molecule has 0 aliphatic heterocycles. The van der Waals surface area contributed by atoms with E-state index in [1.54, 1.807) is 12.1 Å². The van der Waals surface area contributed by atoms with Crippen molar-refractivity contribution in [2.24, 2.45) is 11.1 Å². The summed E-state index contributed by atoms with van der Waals surface area (Å²) in [4.78, 5) is 12.3. The van der Waals surface area contributed by atoms with E-state index >= 15 is 0 Å². The zero-order valence-electron chi connectivity index (χ0n) is 11.1. The SMILES string of the molecule is CCC(CC)(CN)C(=O)Nc1ccccc1CO. The number of rotatable bonds is 6. The van der Waals surface area contributed by atoms with Gasteiger partial charge in [0.25, 0.3) is 0 Å². The fourth-order valence-corrected chi connectivity index (χ4v) is 1.99. The van der Waals surface area contributed by atoms with Gasteiger partial charge in [-0.05, 0) is 18.9 Å². The molecule has 0 fully saturated rings. The lowest BCUT2D eigenvalue weighted by Gasteiger charge is -2.28. The number of aliphatic hydroxyl groups is 1. The maximum Gasteiger partial charge on any atom is 0.231 e. The van der Waals surface area contributed by atoms with E-state index in [0.717, 1.165) is 0 Å². The van der Waals surface area contributed by atoms with Crippen molar-refractivity contribution in [3.8, 4) is 0 Å². The van der Waals surface area contributed by atoms with Crippen LogP contribution in [-0.2, 0) is 11.4 Å². The summed E-state index contributed by atoms with van der Waals surface area (Å²) in [6.45, 7) is 4.17. The van der Waals surface area contributed by atoms with Gasteiger partial charge in [-0.15, -0.1) is 0 Å². The zero-order chi connectivity index (χ0) is 13.6. The first kappa shape index (κ1) is 14.7. The van der Waals surface area contributed by atoms with E-state index in [1.165, 1.54) is 0 Å². The normalized spacial score (nSPS) is 11.3. The average molecular weight is 250 g/mol. The number of carbonyl (C=O) groups is 1. The van der Waals surface area contributed by atoms with Crippen LogP contribution in [-0.4, -0.2) is 17.6 Å². The third kappa shape index (κ3) is 2.89. The summed E-state index contributed by atoms with van der Waals surface area (Å²) in [5.74, 6) is -0.0732. The van der Waals surface area contributed by atoms with Crippen LogP contribution in [0.5, 0.6) is 0 Å². The third-order valence-corrected chi connectivity index (χ3v) is 3.66. The van der Waals surface area contributed by atoms with Crippen molar-refractivity contribution in [2.75, 3.05) is 11.9 Å². The van der Waals surface area contributed by atoms with Crippen LogP contribution in [0.2, 0.25) is 0 Å². The van der Waals surface area contributed by atoms with E-state index in [1.807, 2.05) is 26.0 Å². The first-order chi connectivity index (χ1) is 8.63. The standard InChI is InChI=1S/C14H22N2O2/c1-3-14(4-2,10-15)13(18)16-12-8-6-5-7-11(12)9-17/h5-8,17H,3-4,9-10,15H2,1-2H3,(H,16,18). The number of amides is 1. The molecule has 0 unspecified atom stereocenters. The Hall–Kier alpha value is -1.39. The smallest absolute Gasteiger partial charge is 0.231 e. The second-order valence-electron chi connectivity index (χ2n) is 4.46. The van der Waals surface area contributed by atoms with Gasteiger partial charge in [-0.1, -0.05) is 32.0 Å². The molecule has 18 heavy (non-hydrogen) atoms. The lowest BCUT2D eigenvalue weighted by atomic mass is 9.81. The summed E-state index contributed by atoms with van der Waals surface area (Å²) in [5, 5.41) is 12.1. The highest BCUT2D eigenvalue weighted by molar-refractivity contribution is 5.96. The van der Waals surface area contributed by atoms with Crippen molar-refractivity contribution < 1.29 is 9.90 Å². The van der Waals surface area contributed by atoms with E-state index in [-0.39, 0.29) is 12.5 Å². The predicted molar refractivity (Wildman–Crippen MR) is 73.1 cm³/mol. The quantitative estimate of drug-likeness (QED) is 0.721. The molecular formula is C14H22N2O2. The van der Waals surface area contributed by atoms with Gasteiger partial charge in [0.05, 0.1) is 12.0 Å². The van der Waals surface area contributed by atoms with Gasteiger partial charge in [-0.3, -0.25) is 4.79 Å². The van der Waals surface area contributed by atoms with E-state index < -0.39 is 5.41 Å². The topological polar surface area (TPSA) is 75.4 Å². The Balaban J connectivity index is 2.93. The molecule has 4 N–H and O–H groups in total. The van der Waals surface area contributed by atoms with Crippen LogP contribution in [0.4, 0.5) is 5.69 Å². The van der Waals surface area contributed by atoms with Gasteiger partial charge in [-0.25, -0.2) is 0 Å². The maximum atomic E-state index is 12.3. The highest BCUT2D eigenvalue weighted by Crippen LogP contribution is 2.27. The molecule has 1 amide bonds. The van der Waals surface area contributed by atoms with Crippen molar-refractivity contribution in [1.29, 1.82) is 0 Å². The number of nitrogens with one attached hydrogen (secondary N) is 1. The number of para-hydroxylation sites is 1. The monoisotopic (exact) mass is 250 g/mol. The average Bonchev–Trinajstić information content (AvgIpc) is 2.42. The molecule has 1 rings (SSSR count). The first-order valence-corrected chi connectivity index (χ1v) is 6.33. The molecular weight excluding hydrogens is 228 g/mol. The summed E-state index contributed by atoms with van der Waals surface area (Å²) >= 11 is 0. The van der Waals surface area contributed by atoms with Crippen LogP contribution in [0.15, 0.2) is 24.3 Å². The van der Waals surface area contributed by atoms with Crippen molar-refractivity contribution in [3.63, 3.8) is 0 Å². The summed E-state index contributed by atoms with van der Waals surface area (Å²) < 4.78 is 0. The van der Waals surface area contributed by atoms with Crippen LogP contribution >= 0.6 is 0 Å². The number of aliphatic hydroxyl groups excluding tert-OH is 1. The lowest BCUT2D eigenvalue weighted by Crippen LogP contribution is -2.41. The maximum absolute atomic E-state index is 12.3. The van der Waals surface area contributed by atoms with Crippen LogP contribution in [0.1, 0.15) is 32.3 Å². The largest absolute Gasteiger partial charge is 0.392 e. The molecule has 1 aromatic rings. The molecule has 0 radical (unpaired) electrons. The minimum Gasteiger partial charge on any atom is -0.392 e. The molecule has 0 aliphatic carbocycles. The molecule has 4 heteroatoms. The molecule has 0 spiro atoms. The molecule has 0 aliphatic rings. The zero-order valence-corrected chi connectivity index (χ0v) is 11.1. The molecule has 0 aromatic heterocycles. The Kier molecular flexibility index (Phi) is 5.31. The Bertz CT molecular complexity index is 392. The molecule has 1 aromatic carbocycles. The predicted octanol–water partition coefficient (Wildman–Crippen LogP) is 1.88. The molecule has 0 saturated carbocycles. The Morgan fingerprint density at radius 3 is 2.44 bits per heavy atom. The van der Waals surface area contributed by atoms with Crippen molar-refractivity contribution >= 4 is 11.6 Å². The molecule has 0 saturated heterocycles. The van der Waals surface area contributed by atoms with Crippen LogP contribution in [0, 0.1) is 5.41 Å². The summed E-state index contributed by atoms with van der Waals surface area (Å²) in [6.07, 6.45) is 1.40. The second-order valence-corrected chi connectivity index (χ2v) is 4.46. The van der Waals surface area contributed by atoms with Crippen molar-refractivity contribution in [2.45, 2.75) is 33.3 Å². The second kappa shape index (κ2) is 6.52. The summed E-state index contributed by atoms with van der Waals surface area (Å²) in [7, 11) is 0. The highest BCUT2D eigenvalue weighted by Gasteiger charge is 2.33. The number of nitrogens with two attached hydrogens (primary N) is 1. The third-order valence-electron chi connectivity index (χ3n) is 3.66. The van der Waals surface area contributed by atoms with Gasteiger partial charge in [0.15, 0.2) is 0 Å². The first-order valence-electron chi connectivity index (χ1n) is 6.33. The van der Waals surface area contributed by atoms with Crippen LogP contribution < -0.4 is 11.1 Å². The highest BCUT2D eigenvalue weighted by atomic mass is 16.3. The van der Waals surface area contributed by atoms with Crippen LogP contribution in [0.3, 0.4) is 0 Å². The molecule has 0 bridgehead atoms. The minimum absolute atomic E-state index is 0.0732. The van der Waals surface area contributed by atoms with Gasteiger partial charge in [0, 0.05) is 17.8 Å². The fourth-order valence-electron chi connectivity index (χ4n) is 1.99. The Labute approximate surface area is 108 Å². The molecule has 0 atom stereocenters. The fraction of sp³-hybridized carbons (Fsp3) is 0.500. The Morgan fingerprint density at radius 1 is 1.33 bits per heavy atom. The van der Waals surface area contributed by atoms with E-state index in [2.05, 4.69) is 5.32 Å². The van der Waals surface area contributed by atoms with E-state index in [4.69, 9.17) is 5.73 Å². The van der Waals surface area contributed by atoms with Gasteiger partial charge in [0.2, 0.25) is 5.91 Å². The number of benzene rings is 1. The van der Waals surface area contributed by atoms with Gasteiger partial charge in [-0.2, -0.15) is 0 Å². The van der Waals surface area contributed by atoms with E-state index in [0.29, 0.717) is 30.6 Å².